The molecule has 0 spiro atoms. The van der Waals surface area contributed by atoms with Crippen molar-refractivity contribution in [2.75, 3.05) is 12.1 Å². The maximum atomic E-state index is 12.6. The zero-order valence-electron chi connectivity index (χ0n) is 15.6. The van der Waals surface area contributed by atoms with Crippen LogP contribution in [0, 0.1) is 5.92 Å². The maximum Gasteiger partial charge on any atom is 0.253 e. The third kappa shape index (κ3) is 5.00. The Labute approximate surface area is 158 Å². The molecule has 0 atom stereocenters. The van der Waals surface area contributed by atoms with Gasteiger partial charge in [-0.1, -0.05) is 32.0 Å². The lowest BCUT2D eigenvalue weighted by Crippen LogP contribution is -2.24. The Hall–Kier alpha value is -3.02. The fourth-order valence-electron chi connectivity index (χ4n) is 2.75. The first-order chi connectivity index (χ1) is 13.0. The monoisotopic (exact) mass is 368 g/mol. The summed E-state index contributed by atoms with van der Waals surface area (Å²) in [4.78, 5) is 24.7. The molecular formula is C21H24N2O4. The van der Waals surface area contributed by atoms with E-state index in [0.29, 0.717) is 41.6 Å². The van der Waals surface area contributed by atoms with Gasteiger partial charge in [-0.2, -0.15) is 0 Å². The summed E-state index contributed by atoms with van der Waals surface area (Å²) in [7, 11) is 0. The molecule has 0 radical (unpaired) electrons. The molecule has 3 rings (SSSR count). The van der Waals surface area contributed by atoms with E-state index in [4.69, 9.17) is 9.47 Å². The van der Waals surface area contributed by atoms with E-state index in [9.17, 15) is 9.59 Å². The minimum Gasteiger partial charge on any atom is -0.454 e. The first-order valence-corrected chi connectivity index (χ1v) is 9.08. The Morgan fingerprint density at radius 2 is 1.85 bits per heavy atom. The quantitative estimate of drug-likeness (QED) is 0.781. The molecule has 0 aromatic heterocycles. The molecule has 0 saturated heterocycles. The second kappa shape index (κ2) is 8.58. The highest BCUT2D eigenvalue weighted by atomic mass is 16.7. The molecule has 27 heavy (non-hydrogen) atoms. The molecule has 0 fully saturated rings. The van der Waals surface area contributed by atoms with E-state index in [-0.39, 0.29) is 18.6 Å². The Kier molecular flexibility index (Phi) is 5.96. The lowest BCUT2D eigenvalue weighted by atomic mass is 10.1. The van der Waals surface area contributed by atoms with Crippen molar-refractivity contribution in [3.8, 4) is 11.5 Å². The summed E-state index contributed by atoms with van der Waals surface area (Å²) in [5.41, 5.74) is 1.87. The number of hydrogen-bond acceptors (Lipinski definition) is 4. The Morgan fingerprint density at radius 1 is 1.07 bits per heavy atom. The fourth-order valence-corrected chi connectivity index (χ4v) is 2.75. The zero-order chi connectivity index (χ0) is 19.2. The van der Waals surface area contributed by atoms with Crippen molar-refractivity contribution in [3.63, 3.8) is 0 Å². The van der Waals surface area contributed by atoms with Gasteiger partial charge in [0.25, 0.3) is 5.91 Å². The number of hydrogen-bond donors (Lipinski definition) is 2. The van der Waals surface area contributed by atoms with Crippen LogP contribution >= 0.6 is 0 Å². The molecule has 0 bridgehead atoms. The molecular weight excluding hydrogens is 344 g/mol. The predicted octanol–water partition coefficient (Wildman–Crippen LogP) is 3.72. The standard InChI is InChI=1S/C21H24N2O4/c1-14(2)7-10-20(24)23-17-6-4-3-5-16(17)21(25)22-12-15-8-9-18-19(11-15)27-13-26-18/h3-6,8-9,11,14H,7,10,12-13H2,1-2H3,(H,22,25)(H,23,24). The van der Waals surface area contributed by atoms with E-state index < -0.39 is 0 Å². The van der Waals surface area contributed by atoms with Gasteiger partial charge in [0.1, 0.15) is 0 Å². The molecule has 1 aliphatic heterocycles. The first kappa shape index (κ1) is 18.8. The van der Waals surface area contributed by atoms with E-state index in [1.807, 2.05) is 18.2 Å². The van der Waals surface area contributed by atoms with Crippen LogP contribution < -0.4 is 20.1 Å². The molecule has 2 N–H and O–H groups in total. The van der Waals surface area contributed by atoms with E-state index in [2.05, 4.69) is 24.5 Å². The molecule has 1 aliphatic rings. The normalized spacial score (nSPS) is 12.1. The van der Waals surface area contributed by atoms with Crippen molar-refractivity contribution in [2.45, 2.75) is 33.2 Å². The van der Waals surface area contributed by atoms with E-state index >= 15 is 0 Å². The largest absolute Gasteiger partial charge is 0.454 e. The number of anilines is 1. The summed E-state index contributed by atoms with van der Waals surface area (Å²) < 4.78 is 10.6. The molecule has 0 unspecified atom stereocenters. The Bertz CT molecular complexity index is 833. The highest BCUT2D eigenvalue weighted by Crippen LogP contribution is 2.32. The minimum atomic E-state index is -0.243. The molecule has 6 nitrogen and oxygen atoms in total. The van der Waals surface area contributed by atoms with Crippen molar-refractivity contribution < 1.29 is 19.1 Å². The van der Waals surface area contributed by atoms with Crippen LogP contribution in [0.25, 0.3) is 0 Å². The van der Waals surface area contributed by atoms with Gasteiger partial charge in [-0.25, -0.2) is 0 Å². The van der Waals surface area contributed by atoms with Gasteiger partial charge in [0, 0.05) is 13.0 Å². The number of rotatable bonds is 7. The van der Waals surface area contributed by atoms with Crippen LogP contribution in [0.4, 0.5) is 5.69 Å². The molecule has 2 aromatic carbocycles. The zero-order valence-corrected chi connectivity index (χ0v) is 15.6. The lowest BCUT2D eigenvalue weighted by molar-refractivity contribution is -0.116. The number of benzene rings is 2. The minimum absolute atomic E-state index is 0.0836. The summed E-state index contributed by atoms with van der Waals surface area (Å²) >= 11 is 0. The Balaban J connectivity index is 1.62. The first-order valence-electron chi connectivity index (χ1n) is 9.08. The summed E-state index contributed by atoms with van der Waals surface area (Å²) in [5, 5.41) is 5.73. The number of amides is 2. The van der Waals surface area contributed by atoms with Gasteiger partial charge < -0.3 is 20.1 Å². The SMILES string of the molecule is CC(C)CCC(=O)Nc1ccccc1C(=O)NCc1ccc2c(c1)OCO2. The van der Waals surface area contributed by atoms with Gasteiger partial charge >= 0.3 is 0 Å². The van der Waals surface area contributed by atoms with Gasteiger partial charge in [0.2, 0.25) is 12.7 Å². The van der Waals surface area contributed by atoms with Crippen molar-refractivity contribution in [1.82, 2.24) is 5.32 Å². The van der Waals surface area contributed by atoms with Gasteiger partial charge in [-0.05, 0) is 42.2 Å². The second-order valence-electron chi connectivity index (χ2n) is 6.90. The van der Waals surface area contributed by atoms with Crippen LogP contribution in [-0.4, -0.2) is 18.6 Å². The molecule has 2 amide bonds. The van der Waals surface area contributed by atoms with Gasteiger partial charge in [0.15, 0.2) is 11.5 Å². The highest BCUT2D eigenvalue weighted by Gasteiger charge is 2.15. The van der Waals surface area contributed by atoms with Gasteiger partial charge in [0.05, 0.1) is 11.3 Å². The van der Waals surface area contributed by atoms with E-state index in [0.717, 1.165) is 12.0 Å². The highest BCUT2D eigenvalue weighted by molar-refractivity contribution is 6.03. The van der Waals surface area contributed by atoms with Crippen LogP contribution in [0.3, 0.4) is 0 Å². The van der Waals surface area contributed by atoms with Crippen LogP contribution in [0.15, 0.2) is 42.5 Å². The predicted molar refractivity (Wildman–Crippen MR) is 103 cm³/mol. The number of carbonyl (C=O) groups is 2. The molecule has 0 saturated carbocycles. The molecule has 1 heterocycles. The third-order valence-electron chi connectivity index (χ3n) is 4.28. The van der Waals surface area contributed by atoms with Crippen molar-refractivity contribution in [3.05, 3.63) is 53.6 Å². The summed E-state index contributed by atoms with van der Waals surface area (Å²) in [5.74, 6) is 1.52. The van der Waals surface area contributed by atoms with Crippen LogP contribution in [0.1, 0.15) is 42.6 Å². The fraction of sp³-hybridized carbons (Fsp3) is 0.333. The molecule has 0 aliphatic carbocycles. The lowest BCUT2D eigenvalue weighted by Gasteiger charge is -2.12. The molecule has 6 heteroatoms. The number of para-hydroxylation sites is 1. The average Bonchev–Trinajstić information content (AvgIpc) is 3.12. The maximum absolute atomic E-state index is 12.6. The number of nitrogens with one attached hydrogen (secondary N) is 2. The number of ether oxygens (including phenoxy) is 2. The number of carbonyl (C=O) groups excluding carboxylic acids is 2. The van der Waals surface area contributed by atoms with Crippen molar-refractivity contribution >= 4 is 17.5 Å². The molecule has 2 aromatic rings. The molecule has 142 valence electrons. The average molecular weight is 368 g/mol. The van der Waals surface area contributed by atoms with Crippen LogP contribution in [-0.2, 0) is 11.3 Å². The van der Waals surface area contributed by atoms with Crippen LogP contribution in [0.2, 0.25) is 0 Å². The number of fused-ring (bicyclic) bond motifs is 1. The van der Waals surface area contributed by atoms with Gasteiger partial charge in [-0.3, -0.25) is 9.59 Å². The third-order valence-corrected chi connectivity index (χ3v) is 4.28. The summed E-state index contributed by atoms with van der Waals surface area (Å²) in [6, 6.07) is 12.6. The van der Waals surface area contributed by atoms with Crippen LogP contribution in [0.5, 0.6) is 11.5 Å². The van der Waals surface area contributed by atoms with E-state index in [1.54, 1.807) is 24.3 Å². The smallest absolute Gasteiger partial charge is 0.253 e. The van der Waals surface area contributed by atoms with Gasteiger partial charge in [-0.15, -0.1) is 0 Å². The van der Waals surface area contributed by atoms with Crippen molar-refractivity contribution in [1.29, 1.82) is 0 Å². The summed E-state index contributed by atoms with van der Waals surface area (Å²) in [6.45, 7) is 4.72. The Morgan fingerprint density at radius 3 is 2.67 bits per heavy atom. The van der Waals surface area contributed by atoms with Crippen molar-refractivity contribution in [2.24, 2.45) is 5.92 Å². The van der Waals surface area contributed by atoms with E-state index in [1.165, 1.54) is 0 Å². The topological polar surface area (TPSA) is 76.7 Å². The second-order valence-corrected chi connectivity index (χ2v) is 6.90. The summed E-state index contributed by atoms with van der Waals surface area (Å²) in [6.07, 6.45) is 1.25.